The van der Waals surface area contributed by atoms with Gasteiger partial charge in [0.1, 0.15) is 31.4 Å². The zero-order valence-corrected chi connectivity index (χ0v) is 32.5. The molecule has 0 saturated carbocycles. The number of hydrogen-bond acceptors (Lipinski definition) is 13. The summed E-state index contributed by atoms with van der Waals surface area (Å²) in [5, 5.41) is 11.5. The van der Waals surface area contributed by atoms with Crippen molar-refractivity contribution in [3.63, 3.8) is 0 Å². The van der Waals surface area contributed by atoms with Crippen molar-refractivity contribution in [2.45, 2.75) is 103 Å². The third kappa shape index (κ3) is 10.2. The Morgan fingerprint density at radius 1 is 1.16 bits per heavy atom. The van der Waals surface area contributed by atoms with E-state index in [-0.39, 0.29) is 37.1 Å². The Morgan fingerprint density at radius 3 is 2.43 bits per heavy atom. The van der Waals surface area contributed by atoms with Gasteiger partial charge in [-0.05, 0) is 73.2 Å². The van der Waals surface area contributed by atoms with E-state index in [0.717, 1.165) is 51.2 Å². The molecule has 13 nitrogen and oxygen atoms in total. The third-order valence-corrected chi connectivity index (χ3v) is 11.4. The largest absolute Gasteiger partial charge is 0.463 e. The van der Waals surface area contributed by atoms with Crippen LogP contribution in [0.5, 0.6) is 0 Å². The lowest BCUT2D eigenvalue weighted by Crippen LogP contribution is -2.61. The molecule has 0 spiro atoms. The van der Waals surface area contributed by atoms with Crippen LogP contribution in [0.3, 0.4) is 0 Å². The summed E-state index contributed by atoms with van der Waals surface area (Å²) in [6, 6.07) is 1.69. The molecule has 13 heteroatoms. The zero-order valence-electron chi connectivity index (χ0n) is 32.5. The molecule has 0 unspecified atom stereocenters. The molecule has 3 aliphatic heterocycles. The Balaban J connectivity index is 1.59. The number of aliphatic hydroxyl groups excluding tert-OH is 1. The van der Waals surface area contributed by atoms with Gasteiger partial charge in [-0.2, -0.15) is 0 Å². The van der Waals surface area contributed by atoms with E-state index in [1.807, 2.05) is 38.9 Å². The highest BCUT2D eigenvalue weighted by Gasteiger charge is 2.55. The van der Waals surface area contributed by atoms with Gasteiger partial charge < -0.3 is 33.7 Å². The summed E-state index contributed by atoms with van der Waals surface area (Å²) in [5.41, 5.74) is -2.46. The Hall–Kier alpha value is -2.36. The van der Waals surface area contributed by atoms with Gasteiger partial charge in [-0.15, -0.1) is 6.58 Å². The van der Waals surface area contributed by atoms with Gasteiger partial charge >= 0.3 is 5.97 Å². The van der Waals surface area contributed by atoms with Crippen molar-refractivity contribution in [2.24, 2.45) is 16.7 Å². The number of hydrogen-bond donors (Lipinski definition) is 1. The number of carbonyl (C=O) groups excluding carboxylic acids is 2. The van der Waals surface area contributed by atoms with Crippen molar-refractivity contribution in [3.8, 4) is 0 Å². The summed E-state index contributed by atoms with van der Waals surface area (Å²) in [6.07, 6.45) is 3.99. The van der Waals surface area contributed by atoms with E-state index in [1.54, 1.807) is 39.6 Å². The molecule has 0 amide bonds. The summed E-state index contributed by atoms with van der Waals surface area (Å²) < 4.78 is 25.5. The van der Waals surface area contributed by atoms with Crippen molar-refractivity contribution in [1.82, 2.24) is 29.6 Å². The molecule has 1 N–H and O–H groups in total. The number of ether oxygens (including phenoxy) is 4. The molecule has 3 fully saturated rings. The average molecular weight is 717 g/mol. The van der Waals surface area contributed by atoms with Crippen molar-refractivity contribution >= 4 is 12.3 Å². The van der Waals surface area contributed by atoms with E-state index in [4.69, 9.17) is 18.9 Å². The first-order valence-electron chi connectivity index (χ1n) is 18.4. The topological polar surface area (TPSA) is 130 Å². The maximum absolute atomic E-state index is 14.0. The second kappa shape index (κ2) is 17.6. The van der Waals surface area contributed by atoms with Crippen LogP contribution >= 0.6 is 0 Å². The first-order valence-corrected chi connectivity index (χ1v) is 18.4. The Labute approximate surface area is 305 Å². The van der Waals surface area contributed by atoms with Crippen molar-refractivity contribution in [1.29, 1.82) is 0 Å². The number of aliphatic hydroxyl groups is 1. The lowest BCUT2D eigenvalue weighted by atomic mass is 9.66. The van der Waals surface area contributed by atoms with Gasteiger partial charge in [0.25, 0.3) is 0 Å². The van der Waals surface area contributed by atoms with Gasteiger partial charge in [-0.3, -0.25) is 19.5 Å². The minimum Gasteiger partial charge on any atom is -0.463 e. The van der Waals surface area contributed by atoms with Gasteiger partial charge in [0, 0.05) is 65.2 Å². The standard InChI is InChI=1S/C38H64N6O7/c1-11-36(4)24-37(5,25-45)34(51-33-32(46)31(41(7)8)18-28(3)50-33)38(6,48-10)19-27(2)20-42(9)30(23-49-35(36)47)22-44-16-14-43(15-17-44)21-29-12-13-39-26-40-29/h11-13,25-28,30-34,46H,1,14-24H2,2-10H3/t27-,28-,30-,31+,32-,33+,34-,36+,37-,38-/m1/s1. The lowest BCUT2D eigenvalue weighted by Gasteiger charge is -2.50. The van der Waals surface area contributed by atoms with E-state index in [1.165, 1.54) is 0 Å². The number of aromatic nitrogens is 2. The third-order valence-electron chi connectivity index (χ3n) is 11.4. The van der Waals surface area contributed by atoms with E-state index in [0.29, 0.717) is 19.4 Å². The van der Waals surface area contributed by atoms with Crippen LogP contribution in [0, 0.1) is 16.7 Å². The number of carbonyl (C=O) groups is 2. The Bertz CT molecular complexity index is 1280. The summed E-state index contributed by atoms with van der Waals surface area (Å²) in [6.45, 7) is 19.7. The number of likely N-dealkylation sites (N-methyl/N-ethyl adjacent to an activating group) is 2. The molecule has 3 aliphatic rings. The second-order valence-corrected chi connectivity index (χ2v) is 16.3. The van der Waals surface area contributed by atoms with Gasteiger partial charge in [0.05, 0.1) is 34.3 Å². The minimum atomic E-state index is -1.26. The fourth-order valence-corrected chi connectivity index (χ4v) is 8.42. The number of methoxy groups -OCH3 is 1. The summed E-state index contributed by atoms with van der Waals surface area (Å²) >= 11 is 0. The Kier molecular flexibility index (Phi) is 14.3. The maximum Gasteiger partial charge on any atom is 0.315 e. The summed E-state index contributed by atoms with van der Waals surface area (Å²) in [5.74, 6) is -0.346. The highest BCUT2D eigenvalue weighted by Crippen LogP contribution is 2.46. The highest BCUT2D eigenvalue weighted by molar-refractivity contribution is 5.79. The van der Waals surface area contributed by atoms with Gasteiger partial charge in [0.2, 0.25) is 0 Å². The fourth-order valence-electron chi connectivity index (χ4n) is 8.42. The monoisotopic (exact) mass is 716 g/mol. The van der Waals surface area contributed by atoms with Gasteiger partial charge in [-0.1, -0.05) is 19.9 Å². The van der Waals surface area contributed by atoms with Crippen molar-refractivity contribution in [2.75, 3.05) is 74.1 Å². The molecule has 10 atom stereocenters. The number of esters is 1. The average Bonchev–Trinajstić information content (AvgIpc) is 3.10. The molecule has 0 bridgehead atoms. The van der Waals surface area contributed by atoms with Crippen molar-refractivity contribution in [3.05, 3.63) is 36.9 Å². The fraction of sp³-hybridized carbons (Fsp3) is 0.789. The molecule has 1 aromatic rings. The second-order valence-electron chi connectivity index (χ2n) is 16.3. The molecule has 3 saturated heterocycles. The van der Waals surface area contributed by atoms with Crippen LogP contribution in [0.25, 0.3) is 0 Å². The predicted molar refractivity (Wildman–Crippen MR) is 195 cm³/mol. The molecule has 4 rings (SSSR count). The van der Waals surface area contributed by atoms with Gasteiger partial charge in [-0.25, -0.2) is 9.97 Å². The number of aldehydes is 1. The number of cyclic esters (lactones) is 1. The van der Waals surface area contributed by atoms with Crippen LogP contribution in [-0.4, -0.2) is 163 Å². The molecule has 288 valence electrons. The van der Waals surface area contributed by atoms with E-state index in [9.17, 15) is 14.7 Å². The molecule has 0 radical (unpaired) electrons. The number of rotatable bonds is 10. The predicted octanol–water partition coefficient (Wildman–Crippen LogP) is 2.48. The summed E-state index contributed by atoms with van der Waals surface area (Å²) in [7, 11) is 7.55. The molecule has 1 aromatic heterocycles. The zero-order chi connectivity index (χ0) is 37.6. The van der Waals surface area contributed by atoms with Gasteiger partial charge in [0.15, 0.2) is 6.29 Å². The quantitative estimate of drug-likeness (QED) is 0.217. The molecule has 51 heavy (non-hydrogen) atoms. The smallest absolute Gasteiger partial charge is 0.315 e. The van der Waals surface area contributed by atoms with Crippen LogP contribution < -0.4 is 0 Å². The minimum absolute atomic E-state index is 0.0619. The number of nitrogens with zero attached hydrogens (tertiary/aromatic N) is 6. The van der Waals surface area contributed by atoms with Crippen LogP contribution in [0.1, 0.15) is 59.6 Å². The van der Waals surface area contributed by atoms with Crippen LogP contribution in [0.15, 0.2) is 31.2 Å². The first-order chi connectivity index (χ1) is 24.1. The highest BCUT2D eigenvalue weighted by atomic mass is 16.7. The van der Waals surface area contributed by atoms with Crippen LogP contribution in [-0.2, 0) is 35.1 Å². The molecule has 0 aromatic carbocycles. The molecular formula is C38H64N6O7. The normalized spacial score (nSPS) is 38.6. The molecule has 4 heterocycles. The van der Waals surface area contributed by atoms with E-state index < -0.39 is 40.9 Å². The lowest BCUT2D eigenvalue weighted by molar-refractivity contribution is -0.304. The van der Waals surface area contributed by atoms with Crippen molar-refractivity contribution < 1.29 is 33.6 Å². The molecule has 0 aliphatic carbocycles. The molecular weight excluding hydrogens is 652 g/mol. The SMILES string of the molecule is C=C[C@@]1(C)C[C@](C)(C=O)[C@@H](O[C@@H]2O[C@H](C)C[C@H](N(C)C)[C@H]2O)[C@](C)(OC)C[C@@H](C)CN(C)[C@H](CN2CCN(Cc3ccncn3)CC2)COC1=O. The van der Waals surface area contributed by atoms with E-state index >= 15 is 0 Å². The first kappa shape index (κ1) is 41.4. The number of piperazine rings is 1. The van der Waals surface area contributed by atoms with Crippen LogP contribution in [0.4, 0.5) is 0 Å². The maximum atomic E-state index is 14.0. The van der Waals surface area contributed by atoms with E-state index in [2.05, 4.69) is 45.2 Å². The summed E-state index contributed by atoms with van der Waals surface area (Å²) in [4.78, 5) is 44.9. The van der Waals surface area contributed by atoms with Crippen LogP contribution in [0.2, 0.25) is 0 Å². The Morgan fingerprint density at radius 2 is 1.84 bits per heavy atom.